The Balaban J connectivity index is 1.44. The van der Waals surface area contributed by atoms with E-state index in [-0.39, 0.29) is 0 Å². The number of rotatable bonds is 2. The summed E-state index contributed by atoms with van der Waals surface area (Å²) in [6, 6.07) is 17.9. The minimum Gasteiger partial charge on any atom is -0.0619 e. The van der Waals surface area contributed by atoms with Gasteiger partial charge in [0.25, 0.3) is 0 Å². The lowest BCUT2D eigenvalue weighted by atomic mass is 9.71. The first-order valence-electron chi connectivity index (χ1n) is 9.45. The van der Waals surface area contributed by atoms with E-state index < -0.39 is 0 Å². The summed E-state index contributed by atoms with van der Waals surface area (Å²) in [6.07, 6.45) is 12.9. The summed E-state index contributed by atoms with van der Waals surface area (Å²) in [4.78, 5) is 0. The molecule has 0 N–H and O–H groups in total. The van der Waals surface area contributed by atoms with Crippen LogP contribution in [0.1, 0.15) is 47.9 Å². The first-order valence-corrected chi connectivity index (χ1v) is 9.45. The van der Waals surface area contributed by atoms with E-state index in [1.54, 1.807) is 11.1 Å². The van der Waals surface area contributed by atoms with Gasteiger partial charge in [0.1, 0.15) is 0 Å². The predicted molar refractivity (Wildman–Crippen MR) is 102 cm³/mol. The van der Waals surface area contributed by atoms with Crippen molar-refractivity contribution in [2.75, 3.05) is 0 Å². The third kappa shape index (κ3) is 2.36. The lowest BCUT2D eigenvalue weighted by Gasteiger charge is -2.34. The quantitative estimate of drug-likeness (QED) is 0.631. The molecule has 1 saturated carbocycles. The zero-order valence-corrected chi connectivity index (χ0v) is 14.2. The molecule has 24 heavy (non-hydrogen) atoms. The van der Waals surface area contributed by atoms with Gasteiger partial charge in [-0.05, 0) is 59.8 Å². The van der Waals surface area contributed by atoms with E-state index in [2.05, 4.69) is 60.7 Å². The van der Waals surface area contributed by atoms with E-state index >= 15 is 0 Å². The molecule has 0 nitrogen and oxygen atoms in total. The third-order valence-electron chi connectivity index (χ3n) is 6.30. The van der Waals surface area contributed by atoms with Gasteiger partial charge in [0.15, 0.2) is 0 Å². The fraction of sp³-hybridized carbons (Fsp3) is 0.333. The predicted octanol–water partition coefficient (Wildman–Crippen LogP) is 6.07. The standard InChI is InChI=1S/C24H24/c1-2-8-18-14-21(13-17(18)7-1)23-11-5-6-12-24(23)22-15-19-9-3-4-10-20(19)16-22/h1-4,7-10,13,15,23-24H,5-6,11-12,14,16H2. The molecule has 2 atom stereocenters. The first-order chi connectivity index (χ1) is 11.9. The molecule has 0 spiro atoms. The van der Waals surface area contributed by atoms with Crippen molar-refractivity contribution < 1.29 is 0 Å². The van der Waals surface area contributed by atoms with Crippen molar-refractivity contribution in [2.45, 2.75) is 38.5 Å². The summed E-state index contributed by atoms with van der Waals surface area (Å²) in [5.74, 6) is 1.51. The molecule has 0 aliphatic heterocycles. The van der Waals surface area contributed by atoms with Gasteiger partial charge < -0.3 is 0 Å². The van der Waals surface area contributed by atoms with E-state index in [0.29, 0.717) is 0 Å². The highest BCUT2D eigenvalue weighted by Crippen LogP contribution is 2.45. The van der Waals surface area contributed by atoms with Crippen LogP contribution >= 0.6 is 0 Å². The molecule has 1 fully saturated rings. The van der Waals surface area contributed by atoms with Crippen molar-refractivity contribution in [1.82, 2.24) is 0 Å². The van der Waals surface area contributed by atoms with Gasteiger partial charge in [0, 0.05) is 0 Å². The van der Waals surface area contributed by atoms with Crippen LogP contribution in [0.25, 0.3) is 12.2 Å². The molecule has 2 aromatic carbocycles. The van der Waals surface area contributed by atoms with Gasteiger partial charge in [0.2, 0.25) is 0 Å². The van der Waals surface area contributed by atoms with Crippen LogP contribution in [0.4, 0.5) is 0 Å². The summed E-state index contributed by atoms with van der Waals surface area (Å²) >= 11 is 0. The molecule has 3 aliphatic rings. The molecule has 0 radical (unpaired) electrons. The minimum atomic E-state index is 0.756. The van der Waals surface area contributed by atoms with Crippen LogP contribution < -0.4 is 0 Å². The molecule has 2 unspecified atom stereocenters. The van der Waals surface area contributed by atoms with Crippen molar-refractivity contribution in [1.29, 1.82) is 0 Å². The summed E-state index contributed by atoms with van der Waals surface area (Å²) in [6.45, 7) is 0. The topological polar surface area (TPSA) is 0 Å². The SMILES string of the molecule is C1=C(C2CCCCC2C2=Cc3ccccc3C2)Cc2ccccc21. The highest BCUT2D eigenvalue weighted by atomic mass is 14.4. The minimum absolute atomic E-state index is 0.756. The van der Waals surface area contributed by atoms with Crippen LogP contribution in [0.3, 0.4) is 0 Å². The average molecular weight is 312 g/mol. The number of allylic oxidation sites excluding steroid dienone is 2. The molecule has 120 valence electrons. The Labute approximate surface area is 144 Å². The van der Waals surface area contributed by atoms with Crippen molar-refractivity contribution in [2.24, 2.45) is 11.8 Å². The Kier molecular flexibility index (Phi) is 3.43. The second kappa shape index (κ2) is 5.77. The summed E-state index contributed by atoms with van der Waals surface area (Å²) in [7, 11) is 0. The lowest BCUT2D eigenvalue weighted by Crippen LogP contribution is -2.23. The summed E-state index contributed by atoms with van der Waals surface area (Å²) in [5.41, 5.74) is 9.36. The molecule has 0 bridgehead atoms. The van der Waals surface area contributed by atoms with Gasteiger partial charge in [-0.1, -0.05) is 84.7 Å². The molecule has 0 aromatic heterocycles. The maximum Gasteiger partial charge on any atom is -0.00548 e. The highest BCUT2D eigenvalue weighted by Gasteiger charge is 2.33. The Morgan fingerprint density at radius 2 is 1.04 bits per heavy atom. The number of benzene rings is 2. The second-order valence-corrected chi connectivity index (χ2v) is 7.69. The van der Waals surface area contributed by atoms with Crippen molar-refractivity contribution >= 4 is 12.2 Å². The van der Waals surface area contributed by atoms with Crippen molar-refractivity contribution in [3.8, 4) is 0 Å². The molecular weight excluding hydrogens is 288 g/mol. The van der Waals surface area contributed by atoms with Crippen LogP contribution in [-0.2, 0) is 12.8 Å². The molecule has 2 aromatic rings. The summed E-state index contributed by atoms with van der Waals surface area (Å²) < 4.78 is 0. The Bertz CT molecular complexity index is 765. The maximum absolute atomic E-state index is 2.50. The van der Waals surface area contributed by atoms with Gasteiger partial charge >= 0.3 is 0 Å². The number of fused-ring (bicyclic) bond motifs is 2. The van der Waals surface area contributed by atoms with Gasteiger partial charge in [-0.25, -0.2) is 0 Å². The molecule has 3 aliphatic carbocycles. The molecule has 0 amide bonds. The molecule has 0 heterocycles. The van der Waals surface area contributed by atoms with Crippen LogP contribution in [0.15, 0.2) is 59.7 Å². The smallest absolute Gasteiger partial charge is 0.00548 e. The fourth-order valence-electron chi connectivity index (χ4n) is 5.11. The average Bonchev–Trinajstić information content (AvgIpc) is 3.25. The number of hydrogen-bond acceptors (Lipinski definition) is 0. The van der Waals surface area contributed by atoms with Gasteiger partial charge in [-0.3, -0.25) is 0 Å². The zero-order valence-electron chi connectivity index (χ0n) is 14.2. The molecule has 5 rings (SSSR count). The summed E-state index contributed by atoms with van der Waals surface area (Å²) in [5, 5.41) is 0. The normalized spacial score (nSPS) is 25.0. The first kappa shape index (κ1) is 14.3. The van der Waals surface area contributed by atoms with Crippen LogP contribution in [0.5, 0.6) is 0 Å². The zero-order chi connectivity index (χ0) is 15.9. The Hall–Kier alpha value is -2.08. The van der Waals surface area contributed by atoms with E-state index in [0.717, 1.165) is 11.8 Å². The molecule has 0 saturated heterocycles. The molecule has 0 heteroatoms. The fourth-order valence-corrected chi connectivity index (χ4v) is 5.11. The number of hydrogen-bond donors (Lipinski definition) is 0. The second-order valence-electron chi connectivity index (χ2n) is 7.69. The Morgan fingerprint density at radius 1 is 0.583 bits per heavy atom. The monoisotopic (exact) mass is 312 g/mol. The van der Waals surface area contributed by atoms with Crippen molar-refractivity contribution in [3.63, 3.8) is 0 Å². The van der Waals surface area contributed by atoms with Gasteiger partial charge in [-0.15, -0.1) is 0 Å². The van der Waals surface area contributed by atoms with E-state index in [4.69, 9.17) is 0 Å². The molecular formula is C24H24. The van der Waals surface area contributed by atoms with Crippen molar-refractivity contribution in [3.05, 3.63) is 81.9 Å². The van der Waals surface area contributed by atoms with Gasteiger partial charge in [0.05, 0.1) is 0 Å². The van der Waals surface area contributed by atoms with E-state index in [1.165, 1.54) is 60.8 Å². The van der Waals surface area contributed by atoms with E-state index in [1.807, 2.05) is 0 Å². The lowest BCUT2D eigenvalue weighted by molar-refractivity contribution is 0.307. The van der Waals surface area contributed by atoms with Crippen LogP contribution in [0, 0.1) is 11.8 Å². The highest BCUT2D eigenvalue weighted by molar-refractivity contribution is 5.66. The van der Waals surface area contributed by atoms with Gasteiger partial charge in [-0.2, -0.15) is 0 Å². The maximum atomic E-state index is 2.50. The third-order valence-corrected chi connectivity index (χ3v) is 6.30. The largest absolute Gasteiger partial charge is 0.0619 e. The van der Waals surface area contributed by atoms with Crippen LogP contribution in [0.2, 0.25) is 0 Å². The van der Waals surface area contributed by atoms with Crippen LogP contribution in [-0.4, -0.2) is 0 Å². The van der Waals surface area contributed by atoms with E-state index in [9.17, 15) is 0 Å². The Morgan fingerprint density at radius 3 is 1.50 bits per heavy atom.